The van der Waals surface area contributed by atoms with E-state index >= 15 is 0 Å². The van der Waals surface area contributed by atoms with E-state index in [1.807, 2.05) is 0 Å². The molecule has 2 N–H and O–H groups in total. The number of carbonyl (C=O) groups is 2. The van der Waals surface area contributed by atoms with Gasteiger partial charge in [0.15, 0.2) is 0 Å². The number of rotatable bonds is 8. The van der Waals surface area contributed by atoms with E-state index in [1.54, 1.807) is 12.1 Å². The largest absolute Gasteiger partial charge is 0.468 e. The smallest absolute Gasteiger partial charge is 0.254 e. The van der Waals surface area contributed by atoms with Gasteiger partial charge in [-0.3, -0.25) is 9.59 Å². The SMILES string of the molecule is CN(CC(=O)Nc1cccc(F)c1)C(=O)c1cccc(S(=O)(=O)NCc2ccco2)c1. The fraction of sp³-hybridized carbons (Fsp3) is 0.143. The molecule has 0 unspecified atom stereocenters. The van der Waals surface area contributed by atoms with Crippen molar-refractivity contribution in [2.24, 2.45) is 0 Å². The second-order valence-electron chi connectivity index (χ2n) is 6.65. The molecular formula is C21H20FN3O5S. The van der Waals surface area contributed by atoms with E-state index in [0.29, 0.717) is 5.76 Å². The van der Waals surface area contributed by atoms with Crippen molar-refractivity contribution >= 4 is 27.5 Å². The van der Waals surface area contributed by atoms with Crippen LogP contribution in [0.1, 0.15) is 16.1 Å². The highest BCUT2D eigenvalue weighted by molar-refractivity contribution is 7.89. The van der Waals surface area contributed by atoms with Crippen LogP contribution in [-0.4, -0.2) is 38.7 Å². The lowest BCUT2D eigenvalue weighted by molar-refractivity contribution is -0.116. The van der Waals surface area contributed by atoms with Gasteiger partial charge in [-0.25, -0.2) is 17.5 Å². The number of likely N-dealkylation sites (N-methyl/N-ethyl adjacent to an activating group) is 1. The summed E-state index contributed by atoms with van der Waals surface area (Å²) in [5.74, 6) is -1.12. The number of nitrogens with one attached hydrogen (secondary N) is 2. The van der Waals surface area contributed by atoms with Gasteiger partial charge in [-0.05, 0) is 48.5 Å². The molecule has 0 spiro atoms. The summed E-state index contributed by atoms with van der Waals surface area (Å²) in [4.78, 5) is 25.9. The molecule has 0 aliphatic rings. The lowest BCUT2D eigenvalue weighted by atomic mass is 10.2. The topological polar surface area (TPSA) is 109 Å². The highest BCUT2D eigenvalue weighted by Crippen LogP contribution is 2.14. The Kier molecular flexibility index (Phi) is 6.83. The van der Waals surface area contributed by atoms with Gasteiger partial charge in [-0.2, -0.15) is 0 Å². The predicted octanol–water partition coefficient (Wildman–Crippen LogP) is 2.61. The van der Waals surface area contributed by atoms with Crippen molar-refractivity contribution in [3.05, 3.63) is 84.1 Å². The van der Waals surface area contributed by atoms with Crippen LogP contribution in [0.4, 0.5) is 10.1 Å². The van der Waals surface area contributed by atoms with Gasteiger partial charge >= 0.3 is 0 Å². The highest BCUT2D eigenvalue weighted by atomic mass is 32.2. The summed E-state index contributed by atoms with van der Waals surface area (Å²) in [5, 5.41) is 2.50. The molecule has 1 aromatic heterocycles. The minimum absolute atomic E-state index is 0.0341. The first-order valence-electron chi connectivity index (χ1n) is 9.17. The van der Waals surface area contributed by atoms with Crippen LogP contribution in [-0.2, 0) is 21.4 Å². The molecular weight excluding hydrogens is 425 g/mol. The molecule has 0 aliphatic carbocycles. The molecule has 162 valence electrons. The summed E-state index contributed by atoms with van der Waals surface area (Å²) in [6, 6.07) is 14.1. The molecule has 0 bridgehead atoms. The zero-order chi connectivity index (χ0) is 22.4. The molecule has 2 aromatic carbocycles. The lowest BCUT2D eigenvalue weighted by Crippen LogP contribution is -2.35. The van der Waals surface area contributed by atoms with Crippen LogP contribution in [0, 0.1) is 5.82 Å². The van der Waals surface area contributed by atoms with Gasteiger partial charge in [0.2, 0.25) is 15.9 Å². The van der Waals surface area contributed by atoms with Gasteiger partial charge < -0.3 is 14.6 Å². The number of carbonyl (C=O) groups excluding carboxylic acids is 2. The number of amides is 2. The number of anilines is 1. The molecule has 0 saturated carbocycles. The Labute approximate surface area is 178 Å². The molecule has 8 nitrogen and oxygen atoms in total. The summed E-state index contributed by atoms with van der Waals surface area (Å²) < 4.78 is 45.7. The van der Waals surface area contributed by atoms with Crippen molar-refractivity contribution in [2.45, 2.75) is 11.4 Å². The average molecular weight is 445 g/mol. The zero-order valence-electron chi connectivity index (χ0n) is 16.5. The maximum atomic E-state index is 13.2. The number of nitrogens with zero attached hydrogens (tertiary/aromatic N) is 1. The molecule has 0 saturated heterocycles. The van der Waals surface area contributed by atoms with E-state index in [9.17, 15) is 22.4 Å². The first kappa shape index (κ1) is 22.2. The fourth-order valence-electron chi connectivity index (χ4n) is 2.73. The number of hydrogen-bond acceptors (Lipinski definition) is 5. The first-order chi connectivity index (χ1) is 14.7. The molecule has 3 aromatic rings. The van der Waals surface area contributed by atoms with Crippen LogP contribution >= 0.6 is 0 Å². The lowest BCUT2D eigenvalue weighted by Gasteiger charge is -2.17. The number of benzene rings is 2. The van der Waals surface area contributed by atoms with E-state index in [4.69, 9.17) is 4.42 Å². The molecule has 2 amide bonds. The second-order valence-corrected chi connectivity index (χ2v) is 8.42. The van der Waals surface area contributed by atoms with Crippen LogP contribution in [0.15, 0.2) is 76.2 Å². The number of halogens is 1. The normalized spacial score (nSPS) is 11.2. The third-order valence-corrected chi connectivity index (χ3v) is 5.64. The van der Waals surface area contributed by atoms with E-state index in [2.05, 4.69) is 10.0 Å². The van der Waals surface area contributed by atoms with E-state index in [-0.39, 0.29) is 29.2 Å². The van der Waals surface area contributed by atoms with Gasteiger partial charge in [-0.1, -0.05) is 12.1 Å². The summed E-state index contributed by atoms with van der Waals surface area (Å²) in [6.07, 6.45) is 1.43. The van der Waals surface area contributed by atoms with E-state index < -0.39 is 27.7 Å². The number of sulfonamides is 1. The predicted molar refractivity (Wildman–Crippen MR) is 111 cm³/mol. The van der Waals surface area contributed by atoms with E-state index in [0.717, 1.165) is 11.0 Å². The maximum Gasteiger partial charge on any atom is 0.254 e. The van der Waals surface area contributed by atoms with Crippen molar-refractivity contribution in [2.75, 3.05) is 18.9 Å². The Balaban J connectivity index is 1.65. The van der Waals surface area contributed by atoms with Gasteiger partial charge in [0, 0.05) is 18.3 Å². The summed E-state index contributed by atoms with van der Waals surface area (Å²) in [7, 11) is -2.47. The van der Waals surface area contributed by atoms with Crippen LogP contribution in [0.2, 0.25) is 0 Å². The summed E-state index contributed by atoms with van der Waals surface area (Å²) in [6.45, 7) is -0.337. The second kappa shape index (κ2) is 9.54. The minimum atomic E-state index is -3.88. The zero-order valence-corrected chi connectivity index (χ0v) is 17.4. The average Bonchev–Trinajstić information content (AvgIpc) is 3.25. The first-order valence-corrected chi connectivity index (χ1v) is 10.7. The Bertz CT molecular complexity index is 1180. The summed E-state index contributed by atoms with van der Waals surface area (Å²) in [5.41, 5.74) is 0.364. The van der Waals surface area contributed by atoms with Crippen molar-refractivity contribution in [3.63, 3.8) is 0 Å². The van der Waals surface area contributed by atoms with Crippen molar-refractivity contribution in [1.29, 1.82) is 0 Å². The van der Waals surface area contributed by atoms with Crippen LogP contribution < -0.4 is 10.0 Å². The van der Waals surface area contributed by atoms with Crippen LogP contribution in [0.25, 0.3) is 0 Å². The highest BCUT2D eigenvalue weighted by Gasteiger charge is 2.19. The molecule has 1 heterocycles. The van der Waals surface area contributed by atoms with Gasteiger partial charge in [0.25, 0.3) is 5.91 Å². The van der Waals surface area contributed by atoms with Gasteiger partial charge in [0.05, 0.1) is 24.2 Å². The minimum Gasteiger partial charge on any atom is -0.468 e. The van der Waals surface area contributed by atoms with Crippen molar-refractivity contribution in [1.82, 2.24) is 9.62 Å². The van der Waals surface area contributed by atoms with Gasteiger partial charge in [0.1, 0.15) is 11.6 Å². The van der Waals surface area contributed by atoms with Gasteiger partial charge in [-0.15, -0.1) is 0 Å². The van der Waals surface area contributed by atoms with Crippen LogP contribution in [0.5, 0.6) is 0 Å². The molecule has 0 radical (unpaired) electrons. The fourth-order valence-corrected chi connectivity index (χ4v) is 3.77. The molecule has 10 heteroatoms. The van der Waals surface area contributed by atoms with Crippen LogP contribution in [0.3, 0.4) is 0 Å². The maximum absolute atomic E-state index is 13.2. The third-order valence-electron chi connectivity index (χ3n) is 4.24. The molecule has 0 atom stereocenters. The van der Waals surface area contributed by atoms with E-state index in [1.165, 1.54) is 55.8 Å². The molecule has 31 heavy (non-hydrogen) atoms. The molecule has 0 fully saturated rings. The number of furan rings is 1. The Morgan fingerprint density at radius 1 is 1.06 bits per heavy atom. The Morgan fingerprint density at radius 2 is 1.84 bits per heavy atom. The number of hydrogen-bond donors (Lipinski definition) is 2. The van der Waals surface area contributed by atoms with Crippen molar-refractivity contribution in [3.8, 4) is 0 Å². The standard InChI is InChI=1S/C21H20FN3O5S/c1-25(14-20(26)24-17-7-3-6-16(22)12-17)21(27)15-5-2-9-19(11-15)31(28,29)23-13-18-8-4-10-30-18/h2-12,23H,13-14H2,1H3,(H,24,26). The molecule has 0 aliphatic heterocycles. The quantitative estimate of drug-likeness (QED) is 0.554. The third kappa shape index (κ3) is 6.00. The Hall–Kier alpha value is -3.50. The molecule has 3 rings (SSSR count). The Morgan fingerprint density at radius 3 is 2.55 bits per heavy atom. The monoisotopic (exact) mass is 445 g/mol. The summed E-state index contributed by atoms with van der Waals surface area (Å²) >= 11 is 0. The van der Waals surface area contributed by atoms with Crippen molar-refractivity contribution < 1.29 is 26.8 Å².